The van der Waals surface area contributed by atoms with Crippen LogP contribution in [0.4, 0.5) is 13.2 Å². The van der Waals surface area contributed by atoms with Crippen LogP contribution in [0.5, 0.6) is 0 Å². The van der Waals surface area contributed by atoms with Gasteiger partial charge in [0.25, 0.3) is 5.92 Å². The third-order valence-corrected chi connectivity index (χ3v) is 8.92. The summed E-state index contributed by atoms with van der Waals surface area (Å²) in [6, 6.07) is 0.952. The van der Waals surface area contributed by atoms with Gasteiger partial charge in [0, 0.05) is 35.9 Å². The lowest BCUT2D eigenvalue weighted by molar-refractivity contribution is -0.186. The number of ether oxygens (including phenoxy) is 1. The zero-order chi connectivity index (χ0) is 30.4. The first-order valence-corrected chi connectivity index (χ1v) is 14.3. The smallest absolute Gasteiger partial charge is 0.338 e. The Bertz CT molecular complexity index is 1440. The Hall–Kier alpha value is -3.04. The molecule has 0 aliphatic carbocycles. The second kappa shape index (κ2) is 11.6. The van der Waals surface area contributed by atoms with Gasteiger partial charge in [-0.15, -0.1) is 11.3 Å². The topological polar surface area (TPSA) is 117 Å². The fourth-order valence-corrected chi connectivity index (χ4v) is 6.18. The number of hydrogen-bond acceptors (Lipinski definition) is 10. The number of esters is 1. The van der Waals surface area contributed by atoms with E-state index in [0.717, 1.165) is 0 Å². The number of carboxylic acid groups (broad SMARTS) is 1. The first-order valence-electron chi connectivity index (χ1n) is 13.1. The number of aromatic nitrogens is 1. The maximum atomic E-state index is 15.5. The second-order valence-electron chi connectivity index (χ2n) is 10.9. The number of aliphatic carboxylic acids is 1. The van der Waals surface area contributed by atoms with Gasteiger partial charge >= 0.3 is 11.9 Å². The number of methoxy groups -OCH3 is 1. The highest BCUT2D eigenvalue weighted by atomic mass is 35.5. The maximum Gasteiger partial charge on any atom is 0.338 e. The van der Waals surface area contributed by atoms with E-state index in [9.17, 15) is 19.1 Å². The summed E-state index contributed by atoms with van der Waals surface area (Å²) in [5.41, 5.74) is -0.698. The van der Waals surface area contributed by atoms with Crippen molar-refractivity contribution in [3.05, 3.63) is 62.5 Å². The summed E-state index contributed by atoms with van der Waals surface area (Å²) < 4.78 is 50.6. The number of hydroxylamine groups is 2. The van der Waals surface area contributed by atoms with E-state index in [2.05, 4.69) is 15.3 Å². The molecule has 2 N–H and O–H groups in total. The highest BCUT2D eigenvalue weighted by Crippen LogP contribution is 2.42. The normalized spacial score (nSPS) is 24.4. The number of benzene rings is 1. The van der Waals surface area contributed by atoms with Gasteiger partial charge < -0.3 is 15.2 Å². The minimum Gasteiger partial charge on any atom is -0.481 e. The van der Waals surface area contributed by atoms with Crippen molar-refractivity contribution in [1.29, 1.82) is 0 Å². The Kier molecular flexibility index (Phi) is 8.38. The maximum absolute atomic E-state index is 15.5. The summed E-state index contributed by atoms with van der Waals surface area (Å²) in [5.74, 6) is -5.46. The fourth-order valence-electron chi connectivity index (χ4n) is 5.37. The number of nitrogens with one attached hydrogen (secondary N) is 1. The van der Waals surface area contributed by atoms with E-state index < -0.39 is 53.8 Å². The molecule has 0 unspecified atom stereocenters. The molecular weight excluding hydrogens is 599 g/mol. The molecule has 226 valence electrons. The van der Waals surface area contributed by atoms with E-state index in [1.165, 1.54) is 60.5 Å². The van der Waals surface area contributed by atoms with Crippen molar-refractivity contribution >= 4 is 40.7 Å². The lowest BCUT2D eigenvalue weighted by atomic mass is 9.89. The first-order chi connectivity index (χ1) is 19.8. The van der Waals surface area contributed by atoms with Crippen LogP contribution in [0.3, 0.4) is 0 Å². The number of carbonyl (C=O) groups is 2. The monoisotopic (exact) mass is 627 g/mol. The molecule has 15 heteroatoms. The molecule has 3 atom stereocenters. The van der Waals surface area contributed by atoms with Crippen LogP contribution in [0.15, 0.2) is 46.0 Å². The van der Waals surface area contributed by atoms with Crippen LogP contribution in [-0.4, -0.2) is 89.2 Å². The summed E-state index contributed by atoms with van der Waals surface area (Å²) in [6.07, 6.45) is 1.67. The summed E-state index contributed by atoms with van der Waals surface area (Å²) in [4.78, 5) is 40.8. The second-order valence-corrected chi connectivity index (χ2v) is 12.2. The van der Waals surface area contributed by atoms with E-state index >= 15 is 8.78 Å². The molecule has 0 saturated carbocycles. The van der Waals surface area contributed by atoms with Crippen molar-refractivity contribution in [1.82, 2.24) is 20.3 Å². The van der Waals surface area contributed by atoms with E-state index in [4.69, 9.17) is 21.2 Å². The number of amidine groups is 1. The van der Waals surface area contributed by atoms with Crippen LogP contribution in [0, 0.1) is 11.2 Å². The van der Waals surface area contributed by atoms with Gasteiger partial charge in [0.05, 0.1) is 42.3 Å². The molecule has 2 fully saturated rings. The molecule has 4 heterocycles. The number of fused-ring (bicyclic) bond motifs is 1. The average molecular weight is 628 g/mol. The number of nitrogens with zero attached hydrogens (tertiary/aromatic N) is 4. The van der Waals surface area contributed by atoms with Gasteiger partial charge in [-0.05, 0) is 26.3 Å². The molecule has 1 aromatic carbocycles. The first kappa shape index (κ1) is 30.4. The van der Waals surface area contributed by atoms with Crippen molar-refractivity contribution < 1.29 is 37.4 Å². The van der Waals surface area contributed by atoms with E-state index in [1.807, 2.05) is 0 Å². The van der Waals surface area contributed by atoms with Gasteiger partial charge in [-0.25, -0.2) is 22.9 Å². The number of alkyl halides is 2. The SMILES string of the molecule is COC(=O)C1=C(CN2CC(F)(F)[C@@H]3[C@H]2CON3CCC(C)(C)C(=O)O)NC(c2nccs2)=N[C@H]1c1cccc(F)c1Cl. The van der Waals surface area contributed by atoms with Gasteiger partial charge in [0.2, 0.25) is 0 Å². The number of carboxylic acids is 1. The number of carbonyl (C=O) groups excluding carboxylic acids is 1. The van der Waals surface area contributed by atoms with Gasteiger partial charge in [0.1, 0.15) is 17.9 Å². The highest BCUT2D eigenvalue weighted by Gasteiger charge is 2.61. The van der Waals surface area contributed by atoms with Crippen LogP contribution < -0.4 is 5.32 Å². The van der Waals surface area contributed by atoms with E-state index in [-0.39, 0.29) is 53.8 Å². The molecule has 0 radical (unpaired) electrons. The van der Waals surface area contributed by atoms with E-state index in [1.54, 1.807) is 11.6 Å². The number of likely N-dealkylation sites (tertiary alicyclic amines) is 1. The zero-order valence-corrected chi connectivity index (χ0v) is 24.5. The molecule has 10 nitrogen and oxygen atoms in total. The van der Waals surface area contributed by atoms with Crippen molar-refractivity contribution in [2.24, 2.45) is 10.4 Å². The average Bonchev–Trinajstić information content (AvgIpc) is 3.67. The molecule has 2 aromatic rings. The molecule has 1 aromatic heterocycles. The molecule has 3 aliphatic rings. The van der Waals surface area contributed by atoms with Crippen LogP contribution in [0.25, 0.3) is 0 Å². The van der Waals surface area contributed by atoms with Crippen LogP contribution >= 0.6 is 22.9 Å². The molecule has 0 amide bonds. The largest absolute Gasteiger partial charge is 0.481 e. The quantitative estimate of drug-likeness (QED) is 0.400. The summed E-state index contributed by atoms with van der Waals surface area (Å²) in [5, 5.41) is 15.7. The number of hydrogen-bond donors (Lipinski definition) is 2. The molecule has 3 aliphatic heterocycles. The molecule has 2 saturated heterocycles. The number of aliphatic imine (C=N–C) groups is 1. The Balaban J connectivity index is 1.49. The molecule has 42 heavy (non-hydrogen) atoms. The Morgan fingerprint density at radius 3 is 2.79 bits per heavy atom. The Morgan fingerprint density at radius 2 is 2.12 bits per heavy atom. The van der Waals surface area contributed by atoms with Crippen molar-refractivity contribution in [3.63, 3.8) is 0 Å². The standard InChI is InChI=1S/C27H29ClF3N5O5S/c1-26(2,25(38)39)7-9-36-21-17(12-41-36)35(13-27(21,30)31)11-16-18(24(37)40-3)20(14-5-4-6-15(29)19(14)28)34-22(33-16)23-32-8-10-42-23/h4-6,8,10,17,20-21H,7,9,11-13H2,1-3H3,(H,33,34)(H,38,39)/t17-,20+,21+/m1/s1. The van der Waals surface area contributed by atoms with Gasteiger partial charge in [-0.1, -0.05) is 23.7 Å². The van der Waals surface area contributed by atoms with Crippen LogP contribution in [-0.2, 0) is 19.2 Å². The fraction of sp³-hybridized carbons (Fsp3) is 0.481. The van der Waals surface area contributed by atoms with Crippen LogP contribution in [0.2, 0.25) is 5.02 Å². The summed E-state index contributed by atoms with van der Waals surface area (Å²) in [7, 11) is 1.18. The summed E-state index contributed by atoms with van der Waals surface area (Å²) in [6.45, 7) is 2.22. The third kappa shape index (κ3) is 5.65. The minimum atomic E-state index is -3.20. The lowest BCUT2D eigenvalue weighted by Crippen LogP contribution is -2.46. The molecule has 0 spiro atoms. The number of thiazole rings is 1. The number of rotatable bonds is 9. The minimum absolute atomic E-state index is 0.000743. The Morgan fingerprint density at radius 1 is 1.36 bits per heavy atom. The zero-order valence-electron chi connectivity index (χ0n) is 22.9. The summed E-state index contributed by atoms with van der Waals surface area (Å²) >= 11 is 7.58. The molecular formula is C27H29ClF3N5O5S. The lowest BCUT2D eigenvalue weighted by Gasteiger charge is -2.30. The van der Waals surface area contributed by atoms with Gasteiger partial charge in [-0.2, -0.15) is 5.06 Å². The van der Waals surface area contributed by atoms with Crippen LogP contribution in [0.1, 0.15) is 36.9 Å². The van der Waals surface area contributed by atoms with Crippen molar-refractivity contribution in [3.8, 4) is 0 Å². The highest BCUT2D eigenvalue weighted by molar-refractivity contribution is 7.11. The molecule has 5 rings (SSSR count). The van der Waals surface area contributed by atoms with Gasteiger partial charge in [-0.3, -0.25) is 19.5 Å². The Labute approximate surface area is 248 Å². The third-order valence-electron chi connectivity index (χ3n) is 7.74. The van der Waals surface area contributed by atoms with Crippen molar-refractivity contribution in [2.75, 3.05) is 33.4 Å². The van der Waals surface area contributed by atoms with Gasteiger partial charge in [0.15, 0.2) is 10.8 Å². The number of halogens is 4. The van der Waals surface area contributed by atoms with E-state index in [0.29, 0.717) is 5.01 Å². The predicted octanol–water partition coefficient (Wildman–Crippen LogP) is 3.89. The molecule has 0 bridgehead atoms. The predicted molar refractivity (Wildman–Crippen MR) is 148 cm³/mol. The van der Waals surface area contributed by atoms with Crippen molar-refractivity contribution in [2.45, 2.75) is 44.3 Å².